The molecule has 0 radical (unpaired) electrons. The largest absolute Gasteiger partial charge is 0.224 e. The highest BCUT2D eigenvalue weighted by Crippen LogP contribution is 2.31. The van der Waals surface area contributed by atoms with Crippen molar-refractivity contribution in [2.75, 3.05) is 0 Å². The predicted octanol–water partition coefficient (Wildman–Crippen LogP) is 4.98. The molecular formula is C14H13Cl2N. The summed E-state index contributed by atoms with van der Waals surface area (Å²) in [6, 6.07) is 8.01. The highest BCUT2D eigenvalue weighted by atomic mass is 35.5. The maximum atomic E-state index is 5.94. The number of pyridine rings is 1. The second-order valence-electron chi connectivity index (χ2n) is 4.27. The van der Waals surface area contributed by atoms with Crippen LogP contribution in [-0.2, 0) is 0 Å². The Labute approximate surface area is 111 Å². The van der Waals surface area contributed by atoms with Crippen molar-refractivity contribution in [3.63, 3.8) is 0 Å². The average Bonchev–Trinajstić information content (AvgIpc) is 2.13. The van der Waals surface area contributed by atoms with Crippen molar-refractivity contribution in [1.82, 2.24) is 4.98 Å². The summed E-state index contributed by atoms with van der Waals surface area (Å²) in [7, 11) is 0. The van der Waals surface area contributed by atoms with Crippen LogP contribution in [0.15, 0.2) is 24.3 Å². The van der Waals surface area contributed by atoms with E-state index in [9.17, 15) is 0 Å². The van der Waals surface area contributed by atoms with Gasteiger partial charge in [0, 0.05) is 0 Å². The van der Waals surface area contributed by atoms with E-state index in [4.69, 9.17) is 23.2 Å². The van der Waals surface area contributed by atoms with Crippen molar-refractivity contribution >= 4 is 23.2 Å². The second-order valence-corrected chi connectivity index (χ2v) is 5.05. The smallest absolute Gasteiger partial charge is 0.131 e. The minimum Gasteiger partial charge on any atom is -0.224 e. The summed E-state index contributed by atoms with van der Waals surface area (Å²) in [5, 5.41) is 0.846. The van der Waals surface area contributed by atoms with Crippen LogP contribution in [0, 0.1) is 20.8 Å². The van der Waals surface area contributed by atoms with Gasteiger partial charge in [-0.2, -0.15) is 0 Å². The number of hydrogen-bond donors (Lipinski definition) is 0. The molecule has 0 saturated carbocycles. The van der Waals surface area contributed by atoms with E-state index in [-0.39, 0.29) is 0 Å². The topological polar surface area (TPSA) is 12.9 Å². The average molecular weight is 266 g/mol. The summed E-state index contributed by atoms with van der Waals surface area (Å²) < 4.78 is 0. The minimum atomic E-state index is 0.423. The van der Waals surface area contributed by atoms with Crippen molar-refractivity contribution in [3.05, 3.63) is 51.3 Å². The third-order valence-electron chi connectivity index (χ3n) is 2.73. The molecule has 2 rings (SSSR count). The fraction of sp³-hybridized carbons (Fsp3) is 0.214. The molecule has 0 atom stereocenters. The van der Waals surface area contributed by atoms with Gasteiger partial charge in [0.05, 0.1) is 0 Å². The van der Waals surface area contributed by atoms with Crippen molar-refractivity contribution in [2.45, 2.75) is 20.8 Å². The molecule has 0 unspecified atom stereocenters. The van der Waals surface area contributed by atoms with Crippen LogP contribution < -0.4 is 0 Å². The Hall–Kier alpha value is -1.05. The van der Waals surface area contributed by atoms with Gasteiger partial charge in [-0.15, -0.1) is 0 Å². The van der Waals surface area contributed by atoms with Crippen LogP contribution in [0.25, 0.3) is 11.1 Å². The van der Waals surface area contributed by atoms with Gasteiger partial charge in [-0.1, -0.05) is 40.9 Å². The normalized spacial score (nSPS) is 10.6. The molecule has 0 bridgehead atoms. The number of hydrogen-bond acceptors (Lipinski definition) is 1. The van der Waals surface area contributed by atoms with Gasteiger partial charge >= 0.3 is 0 Å². The zero-order chi connectivity index (χ0) is 12.6. The fourth-order valence-electron chi connectivity index (χ4n) is 2.24. The lowest BCUT2D eigenvalue weighted by molar-refractivity contribution is 1.29. The SMILES string of the molecule is Cc1cc(C)c(-c2cc(Cl)nc(Cl)c2)c(C)c1. The summed E-state index contributed by atoms with van der Waals surface area (Å²) in [6.45, 7) is 6.28. The van der Waals surface area contributed by atoms with Gasteiger partial charge in [0.15, 0.2) is 0 Å². The van der Waals surface area contributed by atoms with Gasteiger partial charge in [0.25, 0.3) is 0 Å². The van der Waals surface area contributed by atoms with Gasteiger partial charge in [-0.05, 0) is 55.2 Å². The Bertz CT molecular complexity index is 533. The van der Waals surface area contributed by atoms with E-state index >= 15 is 0 Å². The van der Waals surface area contributed by atoms with E-state index < -0.39 is 0 Å². The summed E-state index contributed by atoms with van der Waals surface area (Å²) >= 11 is 11.9. The standard InChI is InChI=1S/C14H13Cl2N/c1-8-4-9(2)14(10(3)5-8)11-6-12(15)17-13(16)7-11/h4-7H,1-3H3. The third-order valence-corrected chi connectivity index (χ3v) is 3.12. The van der Waals surface area contributed by atoms with Crippen LogP contribution in [0.3, 0.4) is 0 Å². The van der Waals surface area contributed by atoms with Gasteiger partial charge in [-0.3, -0.25) is 0 Å². The summed E-state index contributed by atoms with van der Waals surface area (Å²) in [5.74, 6) is 0. The quantitative estimate of drug-likeness (QED) is 0.663. The molecule has 0 amide bonds. The Morgan fingerprint density at radius 3 is 1.76 bits per heavy atom. The first-order valence-electron chi connectivity index (χ1n) is 5.38. The van der Waals surface area contributed by atoms with Crippen LogP contribution >= 0.6 is 23.2 Å². The molecular weight excluding hydrogens is 253 g/mol. The molecule has 0 fully saturated rings. The molecule has 1 aromatic heterocycles. The van der Waals surface area contributed by atoms with Gasteiger partial charge in [0.2, 0.25) is 0 Å². The van der Waals surface area contributed by atoms with Crippen LogP contribution in [0.4, 0.5) is 0 Å². The molecule has 0 aliphatic heterocycles. The predicted molar refractivity (Wildman–Crippen MR) is 73.9 cm³/mol. The highest BCUT2D eigenvalue weighted by molar-refractivity contribution is 6.32. The number of aryl methyl sites for hydroxylation is 3. The summed E-state index contributed by atoms with van der Waals surface area (Å²) in [6.07, 6.45) is 0. The number of rotatable bonds is 1. The van der Waals surface area contributed by atoms with Crippen molar-refractivity contribution in [3.8, 4) is 11.1 Å². The van der Waals surface area contributed by atoms with Crippen LogP contribution in [-0.4, -0.2) is 4.98 Å². The highest BCUT2D eigenvalue weighted by Gasteiger charge is 2.08. The minimum absolute atomic E-state index is 0.423. The summed E-state index contributed by atoms with van der Waals surface area (Å²) in [5.41, 5.74) is 5.91. The number of aromatic nitrogens is 1. The first kappa shape index (κ1) is 12.4. The molecule has 0 spiro atoms. The van der Waals surface area contributed by atoms with Crippen molar-refractivity contribution in [1.29, 1.82) is 0 Å². The molecule has 0 saturated heterocycles. The Morgan fingerprint density at radius 1 is 0.824 bits per heavy atom. The Kier molecular flexibility index (Phi) is 3.41. The lowest BCUT2D eigenvalue weighted by Crippen LogP contribution is -1.91. The second kappa shape index (κ2) is 4.67. The molecule has 0 aliphatic carbocycles. The molecule has 17 heavy (non-hydrogen) atoms. The number of nitrogens with zero attached hydrogens (tertiary/aromatic N) is 1. The first-order chi connectivity index (χ1) is 7.97. The third kappa shape index (κ3) is 2.62. The van der Waals surface area contributed by atoms with Gasteiger partial charge in [-0.25, -0.2) is 4.98 Å². The van der Waals surface area contributed by atoms with Gasteiger partial charge in [0.1, 0.15) is 10.3 Å². The number of halogens is 2. The summed E-state index contributed by atoms with van der Waals surface area (Å²) in [4.78, 5) is 3.97. The fourth-order valence-corrected chi connectivity index (χ4v) is 2.71. The molecule has 2 aromatic rings. The maximum Gasteiger partial charge on any atom is 0.131 e. The van der Waals surface area contributed by atoms with Crippen LogP contribution in [0.2, 0.25) is 10.3 Å². The number of benzene rings is 1. The lowest BCUT2D eigenvalue weighted by atomic mass is 9.94. The molecule has 1 aromatic carbocycles. The van der Waals surface area contributed by atoms with Crippen LogP contribution in [0.5, 0.6) is 0 Å². The Balaban J connectivity index is 2.68. The molecule has 1 heterocycles. The monoisotopic (exact) mass is 265 g/mol. The Morgan fingerprint density at radius 2 is 1.29 bits per heavy atom. The van der Waals surface area contributed by atoms with E-state index in [0.29, 0.717) is 10.3 Å². The molecule has 0 aliphatic rings. The van der Waals surface area contributed by atoms with Gasteiger partial charge < -0.3 is 0 Å². The van der Waals surface area contributed by atoms with E-state index in [1.807, 2.05) is 12.1 Å². The molecule has 0 N–H and O–H groups in total. The zero-order valence-corrected chi connectivity index (χ0v) is 11.5. The van der Waals surface area contributed by atoms with Crippen molar-refractivity contribution < 1.29 is 0 Å². The van der Waals surface area contributed by atoms with E-state index in [1.54, 1.807) is 0 Å². The zero-order valence-electron chi connectivity index (χ0n) is 10.0. The molecule has 88 valence electrons. The van der Waals surface area contributed by atoms with Crippen molar-refractivity contribution in [2.24, 2.45) is 0 Å². The molecule has 1 nitrogen and oxygen atoms in total. The maximum absolute atomic E-state index is 5.94. The van der Waals surface area contributed by atoms with E-state index in [1.165, 1.54) is 22.3 Å². The molecule has 3 heteroatoms. The first-order valence-corrected chi connectivity index (χ1v) is 6.14. The van der Waals surface area contributed by atoms with E-state index in [0.717, 1.165) is 5.56 Å². The lowest BCUT2D eigenvalue weighted by Gasteiger charge is -2.12. The van der Waals surface area contributed by atoms with Crippen LogP contribution in [0.1, 0.15) is 16.7 Å². The van der Waals surface area contributed by atoms with E-state index in [2.05, 4.69) is 37.9 Å².